The Balaban J connectivity index is 1.92. The van der Waals surface area contributed by atoms with Crippen LogP contribution in [-0.4, -0.2) is 22.6 Å². The molecule has 0 bridgehead atoms. The van der Waals surface area contributed by atoms with E-state index in [1.165, 1.54) is 43.4 Å². The molecule has 1 aromatic heterocycles. The molecular weight excluding hydrogens is 282 g/mol. The first-order valence-corrected chi connectivity index (χ1v) is 8.50. The molecule has 3 nitrogen and oxygen atoms in total. The summed E-state index contributed by atoms with van der Waals surface area (Å²) >= 11 is 6.23. The van der Waals surface area contributed by atoms with Crippen molar-refractivity contribution in [2.45, 2.75) is 50.5 Å². The van der Waals surface area contributed by atoms with Gasteiger partial charge in [0.1, 0.15) is 5.82 Å². The number of aromatic nitrogens is 2. The third-order valence-corrected chi connectivity index (χ3v) is 5.25. The predicted octanol–water partition coefficient (Wildman–Crippen LogP) is 4.06. The molecule has 112 valence electrons. The minimum absolute atomic E-state index is 0.211. The van der Waals surface area contributed by atoms with E-state index in [1.54, 1.807) is 0 Å². The molecular formula is C17H22ClN3. The van der Waals surface area contributed by atoms with E-state index in [0.717, 1.165) is 23.6 Å². The van der Waals surface area contributed by atoms with Gasteiger partial charge in [0.15, 0.2) is 0 Å². The lowest BCUT2D eigenvalue weighted by Crippen LogP contribution is -2.32. The number of hydrogen-bond donors (Lipinski definition) is 1. The van der Waals surface area contributed by atoms with E-state index in [4.69, 9.17) is 16.6 Å². The van der Waals surface area contributed by atoms with Gasteiger partial charge in [-0.25, -0.2) is 4.98 Å². The molecule has 2 aromatic rings. The zero-order valence-electron chi connectivity index (χ0n) is 12.5. The average molecular weight is 304 g/mol. The van der Waals surface area contributed by atoms with Gasteiger partial charge in [-0.3, -0.25) is 0 Å². The third-order valence-electron chi connectivity index (χ3n) is 5.01. The Morgan fingerprint density at radius 1 is 1.43 bits per heavy atom. The number of nitrogens with one attached hydrogen (secondary N) is 1. The van der Waals surface area contributed by atoms with Gasteiger partial charge < -0.3 is 9.88 Å². The summed E-state index contributed by atoms with van der Waals surface area (Å²) < 4.78 is 2.50. The number of imidazole rings is 1. The minimum Gasteiger partial charge on any atom is -0.324 e. The fourth-order valence-corrected chi connectivity index (χ4v) is 4.05. The summed E-state index contributed by atoms with van der Waals surface area (Å²) in [7, 11) is 0. The second-order valence-electron chi connectivity index (χ2n) is 6.63. The second kappa shape index (κ2) is 4.99. The molecule has 2 aliphatic rings. The van der Waals surface area contributed by atoms with Crippen molar-refractivity contribution in [1.29, 1.82) is 0 Å². The molecule has 1 unspecified atom stereocenters. The first-order valence-electron chi connectivity index (χ1n) is 8.12. The van der Waals surface area contributed by atoms with Gasteiger partial charge in [0.25, 0.3) is 0 Å². The SMILES string of the molecule is CCCC1(c2nc3ccc(Cl)cc3n2C2CC2)CCNC1. The fraction of sp³-hybridized carbons (Fsp3) is 0.588. The Morgan fingerprint density at radius 2 is 2.29 bits per heavy atom. The maximum absolute atomic E-state index is 6.23. The first kappa shape index (κ1) is 13.6. The third kappa shape index (κ3) is 2.18. The first-order chi connectivity index (χ1) is 10.2. The van der Waals surface area contributed by atoms with Crippen molar-refractivity contribution < 1.29 is 0 Å². The van der Waals surface area contributed by atoms with Gasteiger partial charge in [0, 0.05) is 23.0 Å². The van der Waals surface area contributed by atoms with Gasteiger partial charge in [-0.2, -0.15) is 0 Å². The van der Waals surface area contributed by atoms with Crippen LogP contribution in [0.3, 0.4) is 0 Å². The summed E-state index contributed by atoms with van der Waals surface area (Å²) in [5, 5.41) is 4.37. The van der Waals surface area contributed by atoms with Crippen LogP contribution in [0.4, 0.5) is 0 Å². The van der Waals surface area contributed by atoms with E-state index >= 15 is 0 Å². The van der Waals surface area contributed by atoms with Crippen molar-refractivity contribution in [3.63, 3.8) is 0 Å². The quantitative estimate of drug-likeness (QED) is 0.923. The molecule has 1 saturated heterocycles. The molecule has 1 saturated carbocycles. The van der Waals surface area contributed by atoms with E-state index in [-0.39, 0.29) is 5.41 Å². The summed E-state index contributed by atoms with van der Waals surface area (Å²) in [6.45, 7) is 4.44. The highest BCUT2D eigenvalue weighted by atomic mass is 35.5. The standard InChI is InChI=1S/C17H22ClN3/c1-2-7-17(8-9-19-11-17)16-20-14-6-3-12(18)10-15(14)21(16)13-4-5-13/h3,6,10,13,19H,2,4-5,7-9,11H2,1H3. The summed E-state index contributed by atoms with van der Waals surface area (Å²) in [4.78, 5) is 5.05. The molecule has 4 heteroatoms. The van der Waals surface area contributed by atoms with Crippen molar-refractivity contribution in [2.24, 2.45) is 0 Å². The lowest BCUT2D eigenvalue weighted by molar-refractivity contribution is 0.386. The highest BCUT2D eigenvalue weighted by Crippen LogP contribution is 2.44. The molecule has 1 N–H and O–H groups in total. The Labute approximate surface area is 130 Å². The van der Waals surface area contributed by atoms with Crippen LogP contribution in [-0.2, 0) is 5.41 Å². The molecule has 4 rings (SSSR count). The number of halogens is 1. The summed E-state index contributed by atoms with van der Waals surface area (Å²) in [5.74, 6) is 1.30. The summed E-state index contributed by atoms with van der Waals surface area (Å²) in [5.41, 5.74) is 2.54. The molecule has 0 amide bonds. The second-order valence-corrected chi connectivity index (χ2v) is 7.06. The smallest absolute Gasteiger partial charge is 0.117 e. The van der Waals surface area contributed by atoms with Gasteiger partial charge >= 0.3 is 0 Å². The van der Waals surface area contributed by atoms with Crippen LogP contribution < -0.4 is 5.32 Å². The average Bonchev–Trinajstić information content (AvgIpc) is 3.07. The molecule has 1 aliphatic heterocycles. The number of nitrogens with zero attached hydrogens (tertiary/aromatic N) is 2. The predicted molar refractivity (Wildman–Crippen MR) is 87.1 cm³/mol. The van der Waals surface area contributed by atoms with E-state index in [1.807, 2.05) is 6.07 Å². The van der Waals surface area contributed by atoms with Crippen molar-refractivity contribution >= 4 is 22.6 Å². The molecule has 0 radical (unpaired) electrons. The normalized spacial score (nSPS) is 25.8. The van der Waals surface area contributed by atoms with Gasteiger partial charge in [-0.15, -0.1) is 0 Å². The molecule has 0 spiro atoms. The number of hydrogen-bond acceptors (Lipinski definition) is 2. The van der Waals surface area contributed by atoms with Gasteiger partial charge in [0.05, 0.1) is 11.0 Å². The highest BCUT2D eigenvalue weighted by molar-refractivity contribution is 6.31. The van der Waals surface area contributed by atoms with Gasteiger partial charge in [-0.1, -0.05) is 24.9 Å². The van der Waals surface area contributed by atoms with E-state index < -0.39 is 0 Å². The van der Waals surface area contributed by atoms with Gasteiger partial charge in [-0.05, 0) is 50.4 Å². The molecule has 1 atom stereocenters. The Kier molecular flexibility index (Phi) is 3.23. The van der Waals surface area contributed by atoms with Crippen LogP contribution in [0.25, 0.3) is 11.0 Å². The van der Waals surface area contributed by atoms with Crippen LogP contribution in [0, 0.1) is 0 Å². The highest BCUT2D eigenvalue weighted by Gasteiger charge is 2.41. The van der Waals surface area contributed by atoms with Crippen LogP contribution >= 0.6 is 11.6 Å². The fourth-order valence-electron chi connectivity index (χ4n) is 3.88. The van der Waals surface area contributed by atoms with Crippen molar-refractivity contribution in [3.8, 4) is 0 Å². The van der Waals surface area contributed by atoms with Crippen LogP contribution in [0.2, 0.25) is 5.02 Å². The Morgan fingerprint density at radius 3 is 2.95 bits per heavy atom. The van der Waals surface area contributed by atoms with E-state index in [2.05, 4.69) is 28.9 Å². The monoisotopic (exact) mass is 303 g/mol. The number of benzene rings is 1. The maximum Gasteiger partial charge on any atom is 0.117 e. The number of fused-ring (bicyclic) bond motifs is 1. The zero-order chi connectivity index (χ0) is 14.4. The lowest BCUT2D eigenvalue weighted by Gasteiger charge is -2.28. The van der Waals surface area contributed by atoms with E-state index in [0.29, 0.717) is 6.04 Å². The molecule has 1 aliphatic carbocycles. The molecule has 2 heterocycles. The van der Waals surface area contributed by atoms with Crippen molar-refractivity contribution in [3.05, 3.63) is 29.0 Å². The molecule has 21 heavy (non-hydrogen) atoms. The Hall–Kier alpha value is -1.06. The number of rotatable bonds is 4. The van der Waals surface area contributed by atoms with Gasteiger partial charge in [0.2, 0.25) is 0 Å². The van der Waals surface area contributed by atoms with E-state index in [9.17, 15) is 0 Å². The topological polar surface area (TPSA) is 29.9 Å². The summed E-state index contributed by atoms with van der Waals surface area (Å²) in [6.07, 6.45) is 6.17. The minimum atomic E-state index is 0.211. The largest absolute Gasteiger partial charge is 0.324 e. The maximum atomic E-state index is 6.23. The molecule has 2 fully saturated rings. The zero-order valence-corrected chi connectivity index (χ0v) is 13.3. The van der Waals surface area contributed by atoms with Crippen molar-refractivity contribution in [2.75, 3.05) is 13.1 Å². The lowest BCUT2D eigenvalue weighted by atomic mass is 9.81. The van der Waals surface area contributed by atoms with Crippen molar-refractivity contribution in [1.82, 2.24) is 14.9 Å². The molecule has 1 aromatic carbocycles. The van der Waals surface area contributed by atoms with Crippen LogP contribution in [0.15, 0.2) is 18.2 Å². The Bertz CT molecular complexity index is 666. The summed E-state index contributed by atoms with van der Waals surface area (Å²) in [6, 6.07) is 6.76. The van der Waals surface area contributed by atoms with Crippen LogP contribution in [0.1, 0.15) is 50.9 Å². The van der Waals surface area contributed by atoms with Crippen LogP contribution in [0.5, 0.6) is 0 Å².